The van der Waals surface area contributed by atoms with Gasteiger partial charge in [-0.2, -0.15) is 0 Å². The molecule has 0 aliphatic rings. The number of hydrogen-bond acceptors (Lipinski definition) is 3. The van der Waals surface area contributed by atoms with E-state index in [1.807, 2.05) is 54.6 Å². The van der Waals surface area contributed by atoms with Gasteiger partial charge >= 0.3 is 0 Å². The monoisotopic (exact) mass is 292 g/mol. The Hall–Kier alpha value is -2.88. The molecule has 0 fully saturated rings. The predicted molar refractivity (Wildman–Crippen MR) is 87.1 cm³/mol. The Morgan fingerprint density at radius 2 is 1.91 bits per heavy atom. The second-order valence-electron chi connectivity index (χ2n) is 4.93. The predicted octanol–water partition coefficient (Wildman–Crippen LogP) is 3.42. The summed E-state index contributed by atoms with van der Waals surface area (Å²) in [7, 11) is 1.61. The SMILES string of the molecule is COc1ccc(NC(=O)Cc2ccccc2)c2cccnc12. The Bertz CT molecular complexity index is 801. The van der Waals surface area contributed by atoms with Crippen LogP contribution in [-0.4, -0.2) is 18.0 Å². The first-order valence-corrected chi connectivity index (χ1v) is 7.03. The fourth-order valence-electron chi connectivity index (χ4n) is 2.40. The van der Waals surface area contributed by atoms with Gasteiger partial charge in [0, 0.05) is 11.6 Å². The number of benzene rings is 2. The number of fused-ring (bicyclic) bond motifs is 1. The van der Waals surface area contributed by atoms with Gasteiger partial charge in [-0.3, -0.25) is 9.78 Å². The molecule has 0 atom stereocenters. The van der Waals surface area contributed by atoms with E-state index in [1.54, 1.807) is 13.3 Å². The first-order chi connectivity index (χ1) is 10.8. The van der Waals surface area contributed by atoms with Crippen molar-refractivity contribution in [2.45, 2.75) is 6.42 Å². The zero-order valence-electron chi connectivity index (χ0n) is 12.2. The lowest BCUT2D eigenvalue weighted by atomic mass is 10.1. The van der Waals surface area contributed by atoms with Crippen LogP contribution in [0.4, 0.5) is 5.69 Å². The second kappa shape index (κ2) is 6.26. The minimum Gasteiger partial charge on any atom is -0.494 e. The van der Waals surface area contributed by atoms with Crippen molar-refractivity contribution in [3.8, 4) is 5.75 Å². The zero-order valence-corrected chi connectivity index (χ0v) is 12.2. The van der Waals surface area contributed by atoms with Gasteiger partial charge in [-0.1, -0.05) is 30.3 Å². The Balaban J connectivity index is 1.86. The molecule has 0 aliphatic heterocycles. The van der Waals surface area contributed by atoms with Crippen LogP contribution in [-0.2, 0) is 11.2 Å². The fraction of sp³-hybridized carbons (Fsp3) is 0.111. The smallest absolute Gasteiger partial charge is 0.228 e. The van der Waals surface area contributed by atoms with Crippen LogP contribution in [0.1, 0.15) is 5.56 Å². The number of methoxy groups -OCH3 is 1. The maximum atomic E-state index is 12.2. The van der Waals surface area contributed by atoms with Crippen molar-refractivity contribution in [3.63, 3.8) is 0 Å². The lowest BCUT2D eigenvalue weighted by Gasteiger charge is -2.11. The average molecular weight is 292 g/mol. The zero-order chi connectivity index (χ0) is 15.4. The number of rotatable bonds is 4. The van der Waals surface area contributed by atoms with Crippen molar-refractivity contribution in [2.24, 2.45) is 0 Å². The molecule has 0 bridgehead atoms. The highest BCUT2D eigenvalue weighted by atomic mass is 16.5. The van der Waals surface area contributed by atoms with E-state index in [9.17, 15) is 4.79 Å². The molecule has 1 aromatic heterocycles. The van der Waals surface area contributed by atoms with Crippen LogP contribution in [0, 0.1) is 0 Å². The topological polar surface area (TPSA) is 51.2 Å². The highest BCUT2D eigenvalue weighted by Crippen LogP contribution is 2.29. The van der Waals surface area contributed by atoms with Crippen molar-refractivity contribution >= 4 is 22.5 Å². The summed E-state index contributed by atoms with van der Waals surface area (Å²) >= 11 is 0. The second-order valence-corrected chi connectivity index (χ2v) is 4.93. The number of ether oxygens (including phenoxy) is 1. The normalized spacial score (nSPS) is 10.4. The van der Waals surface area contributed by atoms with E-state index >= 15 is 0 Å². The van der Waals surface area contributed by atoms with Crippen molar-refractivity contribution in [3.05, 3.63) is 66.4 Å². The van der Waals surface area contributed by atoms with Crippen LogP contribution in [0.2, 0.25) is 0 Å². The maximum Gasteiger partial charge on any atom is 0.228 e. The molecule has 1 heterocycles. The van der Waals surface area contributed by atoms with Gasteiger partial charge in [0.1, 0.15) is 11.3 Å². The van der Waals surface area contributed by atoms with Crippen LogP contribution in [0.15, 0.2) is 60.8 Å². The molecule has 0 saturated heterocycles. The van der Waals surface area contributed by atoms with Crippen molar-refractivity contribution in [2.75, 3.05) is 12.4 Å². The number of carbonyl (C=O) groups is 1. The molecule has 0 aliphatic carbocycles. The van der Waals surface area contributed by atoms with Crippen LogP contribution in [0.25, 0.3) is 10.9 Å². The number of hydrogen-bond donors (Lipinski definition) is 1. The summed E-state index contributed by atoms with van der Waals surface area (Å²) in [5.41, 5.74) is 2.46. The number of carbonyl (C=O) groups excluding carboxylic acids is 1. The Kier molecular flexibility index (Phi) is 4.01. The van der Waals surface area contributed by atoms with Gasteiger partial charge in [-0.15, -0.1) is 0 Å². The summed E-state index contributed by atoms with van der Waals surface area (Å²) in [6.45, 7) is 0. The molecular formula is C18H16N2O2. The van der Waals surface area contributed by atoms with E-state index in [0.717, 1.165) is 22.2 Å². The third-order valence-electron chi connectivity index (χ3n) is 3.43. The quantitative estimate of drug-likeness (QED) is 0.801. The van der Waals surface area contributed by atoms with Gasteiger partial charge in [-0.05, 0) is 29.8 Å². The molecule has 22 heavy (non-hydrogen) atoms. The molecule has 4 nitrogen and oxygen atoms in total. The summed E-state index contributed by atoms with van der Waals surface area (Å²) in [5.74, 6) is 0.637. The lowest BCUT2D eigenvalue weighted by Crippen LogP contribution is -2.14. The Morgan fingerprint density at radius 1 is 1.09 bits per heavy atom. The summed E-state index contributed by atoms with van der Waals surface area (Å²) in [6.07, 6.45) is 2.05. The minimum atomic E-state index is -0.0541. The molecule has 2 aromatic carbocycles. The summed E-state index contributed by atoms with van der Waals surface area (Å²) in [4.78, 5) is 16.5. The minimum absolute atomic E-state index is 0.0541. The van der Waals surface area contributed by atoms with Gasteiger partial charge in [0.15, 0.2) is 0 Å². The largest absolute Gasteiger partial charge is 0.494 e. The number of amides is 1. The highest BCUT2D eigenvalue weighted by molar-refractivity contribution is 6.03. The summed E-state index contributed by atoms with van der Waals surface area (Å²) in [6, 6.07) is 17.1. The van der Waals surface area contributed by atoms with Crippen LogP contribution in [0.5, 0.6) is 5.75 Å². The van der Waals surface area contributed by atoms with E-state index in [4.69, 9.17) is 4.74 Å². The number of nitrogens with zero attached hydrogens (tertiary/aromatic N) is 1. The third kappa shape index (κ3) is 2.91. The molecule has 0 unspecified atom stereocenters. The number of nitrogens with one attached hydrogen (secondary N) is 1. The highest BCUT2D eigenvalue weighted by Gasteiger charge is 2.10. The van der Waals surface area contributed by atoms with E-state index in [2.05, 4.69) is 10.3 Å². The van der Waals surface area contributed by atoms with E-state index < -0.39 is 0 Å². The van der Waals surface area contributed by atoms with Gasteiger partial charge < -0.3 is 10.1 Å². The lowest BCUT2D eigenvalue weighted by molar-refractivity contribution is -0.115. The van der Waals surface area contributed by atoms with Gasteiger partial charge in [-0.25, -0.2) is 0 Å². The third-order valence-corrected chi connectivity index (χ3v) is 3.43. The summed E-state index contributed by atoms with van der Waals surface area (Å²) in [5, 5.41) is 3.81. The molecule has 3 aromatic rings. The standard InChI is InChI=1S/C18H16N2O2/c1-22-16-10-9-15(14-8-5-11-19-18(14)16)20-17(21)12-13-6-3-2-4-7-13/h2-11H,12H2,1H3,(H,20,21). The fourth-order valence-corrected chi connectivity index (χ4v) is 2.40. The van der Waals surface area contributed by atoms with Crippen LogP contribution in [0.3, 0.4) is 0 Å². The van der Waals surface area contributed by atoms with Gasteiger partial charge in [0.05, 0.1) is 19.2 Å². The Morgan fingerprint density at radius 3 is 2.68 bits per heavy atom. The molecule has 110 valence electrons. The number of anilines is 1. The van der Waals surface area contributed by atoms with Crippen molar-refractivity contribution in [1.29, 1.82) is 0 Å². The average Bonchev–Trinajstić information content (AvgIpc) is 2.56. The molecule has 4 heteroatoms. The van der Waals surface area contributed by atoms with E-state index in [-0.39, 0.29) is 5.91 Å². The molecule has 1 amide bonds. The van der Waals surface area contributed by atoms with Crippen molar-refractivity contribution in [1.82, 2.24) is 4.98 Å². The van der Waals surface area contributed by atoms with E-state index in [1.165, 1.54) is 0 Å². The van der Waals surface area contributed by atoms with Crippen molar-refractivity contribution < 1.29 is 9.53 Å². The molecule has 3 rings (SSSR count). The van der Waals surface area contributed by atoms with Crippen LogP contribution >= 0.6 is 0 Å². The molecular weight excluding hydrogens is 276 g/mol. The summed E-state index contributed by atoms with van der Waals surface area (Å²) < 4.78 is 5.31. The first kappa shape index (κ1) is 14.1. The molecule has 1 N–H and O–H groups in total. The molecule has 0 saturated carbocycles. The van der Waals surface area contributed by atoms with Crippen LogP contribution < -0.4 is 10.1 Å². The Labute approximate surface area is 128 Å². The molecule has 0 spiro atoms. The number of aromatic nitrogens is 1. The van der Waals surface area contributed by atoms with Gasteiger partial charge in [0.2, 0.25) is 5.91 Å². The maximum absolute atomic E-state index is 12.2. The van der Waals surface area contributed by atoms with E-state index in [0.29, 0.717) is 12.2 Å². The molecule has 0 radical (unpaired) electrons. The number of pyridine rings is 1. The first-order valence-electron chi connectivity index (χ1n) is 7.03. The van der Waals surface area contributed by atoms with Gasteiger partial charge in [0.25, 0.3) is 0 Å².